The molecule has 0 unspecified atom stereocenters. The van der Waals surface area contributed by atoms with E-state index in [2.05, 4.69) is 4.98 Å². The third-order valence-electron chi connectivity index (χ3n) is 1.48. The molecular weight excluding hydrogens is 273 g/mol. The quantitative estimate of drug-likeness (QED) is 0.840. The number of primary sulfonamides is 1. The molecule has 0 saturated heterocycles. The maximum absolute atomic E-state index is 12.3. The van der Waals surface area contributed by atoms with Gasteiger partial charge in [-0.1, -0.05) is 23.2 Å². The van der Waals surface area contributed by atoms with Crippen LogP contribution in [0.2, 0.25) is 10.2 Å². The average Bonchev–Trinajstić information content (AvgIpc) is 2.00. The largest absolute Gasteiger partial charge is 0.266 e. The molecule has 1 rings (SSSR count). The Morgan fingerprint density at radius 1 is 1.40 bits per heavy atom. The zero-order valence-corrected chi connectivity index (χ0v) is 9.24. The number of rotatable bonds is 2. The van der Waals surface area contributed by atoms with Crippen molar-refractivity contribution >= 4 is 33.2 Å². The van der Waals surface area contributed by atoms with Gasteiger partial charge in [0.15, 0.2) is 5.15 Å². The molecular formula is C6H4Cl2F2N2O2S. The van der Waals surface area contributed by atoms with Crippen LogP contribution < -0.4 is 5.14 Å². The lowest BCUT2D eigenvalue weighted by Crippen LogP contribution is -2.15. The Kier molecular flexibility index (Phi) is 3.49. The first kappa shape index (κ1) is 12.6. The van der Waals surface area contributed by atoms with Gasteiger partial charge in [0, 0.05) is 6.20 Å². The summed E-state index contributed by atoms with van der Waals surface area (Å²) in [6, 6.07) is 0. The number of nitrogens with two attached hydrogens (primary N) is 1. The number of nitrogens with zero attached hydrogens (tertiary/aromatic N) is 1. The van der Waals surface area contributed by atoms with Gasteiger partial charge in [-0.3, -0.25) is 0 Å². The molecule has 0 spiro atoms. The lowest BCUT2D eigenvalue weighted by atomic mass is 10.3. The maximum atomic E-state index is 12.3. The van der Waals surface area contributed by atoms with E-state index in [0.717, 1.165) is 0 Å². The summed E-state index contributed by atoms with van der Waals surface area (Å²) in [6.07, 6.45) is -2.26. The molecule has 0 saturated carbocycles. The molecule has 9 heteroatoms. The predicted molar refractivity (Wildman–Crippen MR) is 50.6 cm³/mol. The predicted octanol–water partition coefficient (Wildman–Crippen LogP) is 1.97. The second kappa shape index (κ2) is 4.17. The Bertz CT molecular complexity index is 492. The van der Waals surface area contributed by atoms with Crippen molar-refractivity contribution in [1.29, 1.82) is 0 Å². The third-order valence-corrected chi connectivity index (χ3v) is 3.36. The van der Waals surface area contributed by atoms with E-state index in [1.165, 1.54) is 0 Å². The number of halogens is 4. The maximum Gasteiger partial charge on any atom is 0.266 e. The van der Waals surface area contributed by atoms with Crippen LogP contribution in [0.4, 0.5) is 8.78 Å². The number of hydrogen-bond donors (Lipinski definition) is 1. The third kappa shape index (κ3) is 2.54. The fraction of sp³-hybridized carbons (Fsp3) is 0.167. The van der Waals surface area contributed by atoms with Gasteiger partial charge < -0.3 is 0 Å². The zero-order chi connectivity index (χ0) is 11.8. The van der Waals surface area contributed by atoms with Gasteiger partial charge in [-0.2, -0.15) is 0 Å². The molecule has 84 valence electrons. The van der Waals surface area contributed by atoms with E-state index in [-0.39, 0.29) is 0 Å². The van der Waals surface area contributed by atoms with Gasteiger partial charge in [0.25, 0.3) is 6.43 Å². The fourth-order valence-corrected chi connectivity index (χ4v) is 2.57. The van der Waals surface area contributed by atoms with Crippen molar-refractivity contribution in [3.05, 3.63) is 21.9 Å². The van der Waals surface area contributed by atoms with Crippen LogP contribution in [0.3, 0.4) is 0 Å². The van der Waals surface area contributed by atoms with E-state index in [1.54, 1.807) is 0 Å². The van der Waals surface area contributed by atoms with Crippen molar-refractivity contribution in [2.24, 2.45) is 5.14 Å². The van der Waals surface area contributed by atoms with Crippen molar-refractivity contribution < 1.29 is 17.2 Å². The first-order chi connectivity index (χ1) is 6.75. The van der Waals surface area contributed by atoms with E-state index >= 15 is 0 Å². The summed E-state index contributed by atoms with van der Waals surface area (Å²) in [6.45, 7) is 0. The molecule has 0 amide bonds. The topological polar surface area (TPSA) is 73.1 Å². The second-order valence-corrected chi connectivity index (χ2v) is 4.73. The highest BCUT2D eigenvalue weighted by Gasteiger charge is 2.24. The van der Waals surface area contributed by atoms with E-state index in [9.17, 15) is 17.2 Å². The number of alkyl halides is 2. The van der Waals surface area contributed by atoms with Crippen molar-refractivity contribution in [1.82, 2.24) is 4.98 Å². The van der Waals surface area contributed by atoms with Crippen molar-refractivity contribution in [3.63, 3.8) is 0 Å². The molecule has 1 aromatic heterocycles. The van der Waals surface area contributed by atoms with Gasteiger partial charge in [-0.15, -0.1) is 0 Å². The summed E-state index contributed by atoms with van der Waals surface area (Å²) in [5.74, 6) is 0. The van der Waals surface area contributed by atoms with Crippen molar-refractivity contribution in [2.75, 3.05) is 0 Å². The molecule has 0 bridgehead atoms. The van der Waals surface area contributed by atoms with Crippen LogP contribution >= 0.6 is 23.2 Å². The molecule has 1 aromatic rings. The van der Waals surface area contributed by atoms with Gasteiger partial charge in [0.2, 0.25) is 10.0 Å². The van der Waals surface area contributed by atoms with E-state index in [1.807, 2.05) is 0 Å². The molecule has 0 radical (unpaired) electrons. The van der Waals surface area contributed by atoms with Gasteiger partial charge >= 0.3 is 0 Å². The Morgan fingerprint density at radius 3 is 2.33 bits per heavy atom. The number of hydrogen-bond acceptors (Lipinski definition) is 3. The molecule has 1 heterocycles. The molecule has 0 aromatic carbocycles. The Balaban J connectivity index is 3.59. The highest BCUT2D eigenvalue weighted by atomic mass is 35.5. The fourth-order valence-electron chi connectivity index (χ4n) is 0.858. The minimum Gasteiger partial charge on any atom is -0.243 e. The summed E-state index contributed by atoms with van der Waals surface area (Å²) in [5, 5.41) is 3.51. The first-order valence-electron chi connectivity index (χ1n) is 3.40. The van der Waals surface area contributed by atoms with Gasteiger partial charge in [0.1, 0.15) is 4.90 Å². The monoisotopic (exact) mass is 276 g/mol. The van der Waals surface area contributed by atoms with Crippen LogP contribution in [0.1, 0.15) is 12.0 Å². The van der Waals surface area contributed by atoms with Crippen molar-refractivity contribution in [3.8, 4) is 0 Å². The lowest BCUT2D eigenvalue weighted by molar-refractivity contribution is 0.151. The van der Waals surface area contributed by atoms with Crippen LogP contribution in [-0.2, 0) is 10.0 Å². The van der Waals surface area contributed by atoms with Crippen LogP contribution in [0.5, 0.6) is 0 Å². The minimum absolute atomic E-state index is 0.535. The summed E-state index contributed by atoms with van der Waals surface area (Å²) < 4.78 is 46.6. The van der Waals surface area contributed by atoms with E-state index in [4.69, 9.17) is 28.3 Å². The van der Waals surface area contributed by atoms with Crippen LogP contribution in [-0.4, -0.2) is 13.4 Å². The normalized spacial score (nSPS) is 12.1. The first-order valence-corrected chi connectivity index (χ1v) is 5.70. The molecule has 2 N–H and O–H groups in total. The highest BCUT2D eigenvalue weighted by molar-refractivity contribution is 7.89. The molecule has 4 nitrogen and oxygen atoms in total. The molecule has 0 aliphatic carbocycles. The van der Waals surface area contributed by atoms with E-state index < -0.39 is 37.1 Å². The van der Waals surface area contributed by atoms with Gasteiger partial charge in [0.05, 0.1) is 10.6 Å². The standard InChI is InChI=1S/C6H4Cl2F2N2O2S/c7-3-2(6(9)10)1-12-5(8)4(3)15(11,13)14/h1,6H,(H2,11,13,14). The molecule has 0 aliphatic heterocycles. The number of aromatic nitrogens is 1. The SMILES string of the molecule is NS(=O)(=O)c1c(Cl)ncc(C(F)F)c1Cl. The summed E-state index contributed by atoms with van der Waals surface area (Å²) in [7, 11) is -4.28. The molecule has 0 aliphatic rings. The molecule has 0 fully saturated rings. The molecule has 15 heavy (non-hydrogen) atoms. The lowest BCUT2D eigenvalue weighted by Gasteiger charge is -2.07. The van der Waals surface area contributed by atoms with Crippen LogP contribution in [0, 0.1) is 0 Å². The van der Waals surface area contributed by atoms with E-state index in [0.29, 0.717) is 6.20 Å². The Hall–Kier alpha value is -0.500. The second-order valence-electron chi connectivity index (χ2n) is 2.49. The number of pyridine rings is 1. The summed E-state index contributed by atoms with van der Waals surface area (Å²) >= 11 is 10.8. The molecule has 0 atom stereocenters. The van der Waals surface area contributed by atoms with Crippen LogP contribution in [0.15, 0.2) is 11.1 Å². The number of sulfonamides is 1. The zero-order valence-electron chi connectivity index (χ0n) is 6.92. The van der Waals surface area contributed by atoms with Crippen molar-refractivity contribution in [2.45, 2.75) is 11.3 Å². The highest BCUT2D eigenvalue weighted by Crippen LogP contribution is 2.34. The minimum atomic E-state index is -4.28. The summed E-state index contributed by atoms with van der Waals surface area (Å²) in [4.78, 5) is 2.48. The van der Waals surface area contributed by atoms with Crippen LogP contribution in [0.25, 0.3) is 0 Å². The smallest absolute Gasteiger partial charge is 0.243 e. The van der Waals surface area contributed by atoms with Gasteiger partial charge in [-0.05, 0) is 0 Å². The average molecular weight is 277 g/mol. The summed E-state index contributed by atoms with van der Waals surface area (Å²) in [5.41, 5.74) is -0.731. The Morgan fingerprint density at radius 2 is 1.93 bits per heavy atom. The van der Waals surface area contributed by atoms with Gasteiger partial charge in [-0.25, -0.2) is 27.3 Å². The Labute approximate surface area is 94.1 Å².